The molecule has 4 aromatic rings. The lowest BCUT2D eigenvalue weighted by Gasteiger charge is -2.16. The number of nitrogens with zero attached hydrogens (tertiary/aromatic N) is 6. The molecule has 11 heteroatoms. The third kappa shape index (κ3) is 5.53. The van der Waals surface area contributed by atoms with Gasteiger partial charge in [-0.05, 0) is 56.2 Å². The fraction of sp³-hybridized carbons (Fsp3) is 0.269. The SMILES string of the molecule is Cc1nn(-c2ccc(Cl)cc2)c(Cl)c1C=Nn1c(-c2ccc([N+](=O)[O-])cc2)csc1=NC1CCCCC1. The van der Waals surface area contributed by atoms with Crippen molar-refractivity contribution in [3.8, 4) is 16.9 Å². The molecule has 1 aliphatic rings. The maximum Gasteiger partial charge on any atom is 0.269 e. The number of nitro benzene ring substituents is 1. The van der Waals surface area contributed by atoms with Crippen LogP contribution in [0.15, 0.2) is 64.0 Å². The molecular formula is C26H24Cl2N6O2S. The van der Waals surface area contributed by atoms with E-state index in [9.17, 15) is 10.1 Å². The first-order valence-corrected chi connectivity index (χ1v) is 13.6. The number of thiazole rings is 1. The van der Waals surface area contributed by atoms with Crippen molar-refractivity contribution in [2.45, 2.75) is 45.1 Å². The van der Waals surface area contributed by atoms with Crippen LogP contribution >= 0.6 is 34.5 Å². The Morgan fingerprint density at radius 1 is 1.08 bits per heavy atom. The molecule has 0 spiro atoms. The zero-order valence-corrected chi connectivity index (χ0v) is 22.4. The molecule has 0 radical (unpaired) electrons. The van der Waals surface area contributed by atoms with Crippen LogP contribution in [-0.4, -0.2) is 31.6 Å². The van der Waals surface area contributed by atoms with Crippen LogP contribution < -0.4 is 4.80 Å². The fourth-order valence-corrected chi connectivity index (χ4v) is 5.70. The number of aryl methyl sites for hydroxylation is 1. The zero-order valence-electron chi connectivity index (χ0n) is 20.1. The normalized spacial score (nSPS) is 15.1. The van der Waals surface area contributed by atoms with Crippen molar-refractivity contribution in [3.05, 3.63) is 90.3 Å². The van der Waals surface area contributed by atoms with Crippen LogP contribution in [0.25, 0.3) is 16.9 Å². The van der Waals surface area contributed by atoms with Crippen molar-refractivity contribution in [3.63, 3.8) is 0 Å². The van der Waals surface area contributed by atoms with Gasteiger partial charge in [-0.15, -0.1) is 11.3 Å². The van der Waals surface area contributed by atoms with Crippen LogP contribution in [0.2, 0.25) is 10.2 Å². The van der Waals surface area contributed by atoms with E-state index < -0.39 is 4.92 Å². The van der Waals surface area contributed by atoms with Crippen molar-refractivity contribution in [2.24, 2.45) is 10.1 Å². The van der Waals surface area contributed by atoms with Crippen LogP contribution in [0.1, 0.15) is 43.4 Å². The van der Waals surface area contributed by atoms with E-state index >= 15 is 0 Å². The Morgan fingerprint density at radius 2 is 1.78 bits per heavy atom. The Hall–Kier alpha value is -3.27. The second-order valence-electron chi connectivity index (χ2n) is 8.86. The Kier molecular flexibility index (Phi) is 7.55. The summed E-state index contributed by atoms with van der Waals surface area (Å²) in [5, 5.41) is 23.5. The van der Waals surface area contributed by atoms with Crippen LogP contribution in [0.3, 0.4) is 0 Å². The Bertz CT molecular complexity index is 1510. The number of halogens is 2. The quantitative estimate of drug-likeness (QED) is 0.145. The van der Waals surface area contributed by atoms with Gasteiger partial charge in [0.25, 0.3) is 5.69 Å². The number of hydrogen-bond donors (Lipinski definition) is 0. The molecule has 2 aromatic heterocycles. The zero-order chi connectivity index (χ0) is 25.9. The van der Waals surface area contributed by atoms with Crippen molar-refractivity contribution in [1.82, 2.24) is 14.5 Å². The van der Waals surface area contributed by atoms with E-state index in [-0.39, 0.29) is 11.7 Å². The number of non-ortho nitro benzene ring substituents is 1. The topological polar surface area (TPSA) is 90.6 Å². The molecule has 0 bridgehead atoms. The molecule has 8 nitrogen and oxygen atoms in total. The number of benzene rings is 2. The Morgan fingerprint density at radius 3 is 2.46 bits per heavy atom. The summed E-state index contributed by atoms with van der Waals surface area (Å²) in [5.41, 5.74) is 3.85. The average Bonchev–Trinajstić information content (AvgIpc) is 3.43. The predicted molar refractivity (Wildman–Crippen MR) is 148 cm³/mol. The summed E-state index contributed by atoms with van der Waals surface area (Å²) in [6.07, 6.45) is 7.42. The first-order valence-electron chi connectivity index (χ1n) is 12.0. The molecule has 1 fully saturated rings. The van der Waals surface area contributed by atoms with E-state index in [0.29, 0.717) is 15.7 Å². The van der Waals surface area contributed by atoms with Crippen molar-refractivity contribution in [1.29, 1.82) is 0 Å². The summed E-state index contributed by atoms with van der Waals surface area (Å²) in [6, 6.07) is 14.0. The number of hydrogen-bond acceptors (Lipinski definition) is 6. The van der Waals surface area contributed by atoms with Crippen molar-refractivity contribution < 1.29 is 4.92 Å². The first kappa shape index (κ1) is 25.4. The Labute approximate surface area is 227 Å². The monoisotopic (exact) mass is 554 g/mol. The van der Waals surface area contributed by atoms with E-state index in [1.54, 1.807) is 39.8 Å². The van der Waals surface area contributed by atoms with Gasteiger partial charge in [-0.1, -0.05) is 42.5 Å². The van der Waals surface area contributed by atoms with E-state index in [1.807, 2.05) is 24.4 Å². The number of aromatic nitrogens is 3. The third-order valence-electron chi connectivity index (χ3n) is 6.35. The van der Waals surface area contributed by atoms with Crippen LogP contribution in [-0.2, 0) is 0 Å². The van der Waals surface area contributed by atoms with Gasteiger partial charge in [-0.3, -0.25) is 15.1 Å². The lowest BCUT2D eigenvalue weighted by Crippen LogP contribution is -2.19. The van der Waals surface area contributed by atoms with Gasteiger partial charge in [0.05, 0.1) is 39.8 Å². The Balaban J connectivity index is 1.56. The molecule has 1 aliphatic carbocycles. The van der Waals surface area contributed by atoms with Gasteiger partial charge >= 0.3 is 0 Å². The predicted octanol–water partition coefficient (Wildman–Crippen LogP) is 7.04. The third-order valence-corrected chi connectivity index (χ3v) is 7.79. The highest BCUT2D eigenvalue weighted by molar-refractivity contribution is 7.07. The summed E-state index contributed by atoms with van der Waals surface area (Å²) in [5.74, 6) is 0. The van der Waals surface area contributed by atoms with E-state index in [1.165, 1.54) is 42.7 Å². The summed E-state index contributed by atoms with van der Waals surface area (Å²) in [4.78, 5) is 16.5. The van der Waals surface area contributed by atoms with Gasteiger partial charge in [0, 0.05) is 28.1 Å². The van der Waals surface area contributed by atoms with E-state index in [4.69, 9.17) is 33.3 Å². The minimum Gasteiger partial charge on any atom is -0.258 e. The maximum atomic E-state index is 11.1. The summed E-state index contributed by atoms with van der Waals surface area (Å²) in [6.45, 7) is 1.88. The molecule has 0 saturated heterocycles. The maximum absolute atomic E-state index is 11.1. The van der Waals surface area contributed by atoms with Gasteiger partial charge < -0.3 is 0 Å². The minimum absolute atomic E-state index is 0.0400. The highest BCUT2D eigenvalue weighted by Crippen LogP contribution is 2.26. The minimum atomic E-state index is -0.406. The lowest BCUT2D eigenvalue weighted by molar-refractivity contribution is -0.384. The number of nitro groups is 1. The van der Waals surface area contributed by atoms with Gasteiger partial charge in [-0.25, -0.2) is 9.36 Å². The lowest BCUT2D eigenvalue weighted by atomic mass is 9.96. The smallest absolute Gasteiger partial charge is 0.258 e. The number of rotatable bonds is 6. The van der Waals surface area contributed by atoms with Crippen LogP contribution in [0.4, 0.5) is 5.69 Å². The molecule has 5 rings (SSSR count). The molecular weight excluding hydrogens is 531 g/mol. The molecule has 0 atom stereocenters. The standard InChI is InChI=1S/C26H24Cl2N6O2S/c1-17-23(25(28)32(31-17)21-13-9-19(27)10-14-21)15-29-33-24(18-7-11-22(12-8-18)34(35)36)16-37-26(33)30-20-5-3-2-4-6-20/h7-16,20H,2-6H2,1H3. The van der Waals surface area contributed by atoms with E-state index in [0.717, 1.165) is 40.3 Å². The summed E-state index contributed by atoms with van der Waals surface area (Å²) < 4.78 is 3.44. The average molecular weight is 555 g/mol. The fourth-order valence-electron chi connectivity index (χ4n) is 4.35. The van der Waals surface area contributed by atoms with Gasteiger partial charge in [0.2, 0.25) is 4.80 Å². The van der Waals surface area contributed by atoms with Crippen LogP contribution in [0, 0.1) is 17.0 Å². The largest absolute Gasteiger partial charge is 0.269 e. The van der Waals surface area contributed by atoms with E-state index in [2.05, 4.69) is 5.10 Å². The highest BCUT2D eigenvalue weighted by Gasteiger charge is 2.16. The molecule has 0 amide bonds. The molecule has 1 saturated carbocycles. The molecule has 2 heterocycles. The molecule has 0 unspecified atom stereocenters. The van der Waals surface area contributed by atoms with Crippen molar-refractivity contribution >= 4 is 46.4 Å². The summed E-state index contributed by atoms with van der Waals surface area (Å²) >= 11 is 14.3. The van der Waals surface area contributed by atoms with Crippen molar-refractivity contribution in [2.75, 3.05) is 0 Å². The molecule has 0 N–H and O–H groups in total. The van der Waals surface area contributed by atoms with Gasteiger partial charge in [-0.2, -0.15) is 10.2 Å². The van der Waals surface area contributed by atoms with Crippen LogP contribution in [0.5, 0.6) is 0 Å². The first-order chi connectivity index (χ1) is 17.9. The molecule has 2 aromatic carbocycles. The van der Waals surface area contributed by atoms with Gasteiger partial charge in [0.15, 0.2) is 0 Å². The molecule has 37 heavy (non-hydrogen) atoms. The second kappa shape index (κ2) is 11.0. The molecule has 190 valence electrons. The second-order valence-corrected chi connectivity index (χ2v) is 10.5. The summed E-state index contributed by atoms with van der Waals surface area (Å²) in [7, 11) is 0. The van der Waals surface area contributed by atoms with Gasteiger partial charge in [0.1, 0.15) is 5.15 Å². The highest BCUT2D eigenvalue weighted by atomic mass is 35.5. The molecule has 0 aliphatic heterocycles.